The van der Waals surface area contributed by atoms with E-state index in [2.05, 4.69) is 4.98 Å². The second-order valence-electron chi connectivity index (χ2n) is 5.18. The Labute approximate surface area is 100 Å². The molecule has 0 saturated heterocycles. The van der Waals surface area contributed by atoms with Crippen molar-refractivity contribution in [1.82, 2.24) is 4.98 Å². The first-order valence-corrected chi connectivity index (χ1v) is 5.71. The number of hydrogen-bond acceptors (Lipinski definition) is 1. The van der Waals surface area contributed by atoms with E-state index in [9.17, 15) is 9.90 Å². The molecule has 3 heteroatoms. The fourth-order valence-electron chi connectivity index (χ4n) is 2.14. The maximum Gasteiger partial charge on any atom is 0.309 e. The lowest BCUT2D eigenvalue weighted by Gasteiger charge is -2.19. The molecule has 2 aromatic rings. The van der Waals surface area contributed by atoms with Crippen LogP contribution in [0.2, 0.25) is 0 Å². The Morgan fingerprint density at radius 1 is 1.41 bits per heavy atom. The number of carboxylic acid groups (broad SMARTS) is 1. The van der Waals surface area contributed by atoms with E-state index >= 15 is 0 Å². The Hall–Kier alpha value is -1.77. The molecule has 2 N–H and O–H groups in total. The molecule has 0 unspecified atom stereocenters. The van der Waals surface area contributed by atoms with E-state index in [1.807, 2.05) is 31.3 Å². The molecule has 0 aliphatic rings. The molecule has 90 valence electrons. The van der Waals surface area contributed by atoms with Gasteiger partial charge in [-0.1, -0.05) is 12.1 Å². The zero-order chi connectivity index (χ0) is 12.6. The van der Waals surface area contributed by atoms with Crippen LogP contribution in [0.5, 0.6) is 0 Å². The molecule has 2 rings (SSSR count). The first kappa shape index (κ1) is 11.7. The minimum absolute atomic E-state index is 0.540. The Balaban J connectivity index is 2.49. The quantitative estimate of drug-likeness (QED) is 0.852. The number of aryl methyl sites for hydroxylation is 1. The fourth-order valence-corrected chi connectivity index (χ4v) is 2.14. The van der Waals surface area contributed by atoms with E-state index in [1.165, 1.54) is 0 Å². The number of aliphatic carboxylic acids is 1. The number of carboxylic acids is 1. The van der Waals surface area contributed by atoms with Crippen LogP contribution in [-0.4, -0.2) is 16.1 Å². The van der Waals surface area contributed by atoms with Crippen LogP contribution in [0.1, 0.15) is 25.0 Å². The van der Waals surface area contributed by atoms with Gasteiger partial charge in [0, 0.05) is 17.1 Å². The summed E-state index contributed by atoms with van der Waals surface area (Å²) < 4.78 is 0. The van der Waals surface area contributed by atoms with Crippen molar-refractivity contribution in [3.8, 4) is 0 Å². The molecular formula is C14H17NO2. The van der Waals surface area contributed by atoms with E-state index in [4.69, 9.17) is 0 Å². The van der Waals surface area contributed by atoms with Crippen LogP contribution in [0.4, 0.5) is 0 Å². The largest absolute Gasteiger partial charge is 0.481 e. The van der Waals surface area contributed by atoms with Crippen molar-refractivity contribution in [1.29, 1.82) is 0 Å². The van der Waals surface area contributed by atoms with Crippen molar-refractivity contribution in [2.75, 3.05) is 0 Å². The van der Waals surface area contributed by atoms with Gasteiger partial charge < -0.3 is 10.1 Å². The summed E-state index contributed by atoms with van der Waals surface area (Å²) in [6.07, 6.45) is 2.50. The van der Waals surface area contributed by atoms with Crippen molar-refractivity contribution in [2.45, 2.75) is 27.2 Å². The SMILES string of the molecule is Cc1c[nH]c2cccc(CC(C)(C)C(=O)O)c12. The van der Waals surface area contributed by atoms with Gasteiger partial charge in [-0.25, -0.2) is 0 Å². The van der Waals surface area contributed by atoms with Gasteiger partial charge in [0.2, 0.25) is 0 Å². The van der Waals surface area contributed by atoms with E-state index in [-0.39, 0.29) is 0 Å². The van der Waals surface area contributed by atoms with Gasteiger partial charge in [-0.3, -0.25) is 4.79 Å². The third kappa shape index (κ3) is 2.05. The molecule has 0 amide bonds. The van der Waals surface area contributed by atoms with E-state index in [0.29, 0.717) is 6.42 Å². The average molecular weight is 231 g/mol. The lowest BCUT2D eigenvalue weighted by atomic mass is 9.84. The number of H-pyrrole nitrogens is 1. The Morgan fingerprint density at radius 2 is 2.12 bits per heavy atom. The number of aromatic amines is 1. The highest BCUT2D eigenvalue weighted by Crippen LogP contribution is 2.28. The Kier molecular flexibility index (Phi) is 2.69. The number of carbonyl (C=O) groups is 1. The molecule has 0 aliphatic heterocycles. The van der Waals surface area contributed by atoms with Crippen LogP contribution in [-0.2, 0) is 11.2 Å². The molecule has 0 bridgehead atoms. The maximum absolute atomic E-state index is 11.2. The summed E-state index contributed by atoms with van der Waals surface area (Å²) in [6.45, 7) is 5.56. The molecular weight excluding hydrogens is 214 g/mol. The van der Waals surface area contributed by atoms with Crippen LogP contribution in [0.15, 0.2) is 24.4 Å². The summed E-state index contributed by atoms with van der Waals surface area (Å²) in [6, 6.07) is 5.99. The molecule has 0 spiro atoms. The van der Waals surface area contributed by atoms with Gasteiger partial charge in [0.15, 0.2) is 0 Å². The molecule has 1 aromatic carbocycles. The smallest absolute Gasteiger partial charge is 0.309 e. The predicted molar refractivity (Wildman–Crippen MR) is 68.2 cm³/mol. The first-order valence-electron chi connectivity index (χ1n) is 5.71. The molecule has 0 atom stereocenters. The molecule has 17 heavy (non-hydrogen) atoms. The monoisotopic (exact) mass is 231 g/mol. The summed E-state index contributed by atoms with van der Waals surface area (Å²) in [5.74, 6) is -0.761. The molecule has 0 fully saturated rings. The van der Waals surface area contributed by atoms with Crippen LogP contribution >= 0.6 is 0 Å². The summed E-state index contributed by atoms with van der Waals surface area (Å²) >= 11 is 0. The number of aromatic nitrogens is 1. The topological polar surface area (TPSA) is 53.1 Å². The predicted octanol–water partition coefficient (Wildman–Crippen LogP) is 3.13. The van der Waals surface area contributed by atoms with Gasteiger partial charge in [-0.2, -0.15) is 0 Å². The van der Waals surface area contributed by atoms with Gasteiger partial charge in [0.1, 0.15) is 0 Å². The standard InChI is InChI=1S/C14H17NO2/c1-9-8-15-11-6-4-5-10(12(9)11)7-14(2,3)13(16)17/h4-6,8,15H,7H2,1-3H3,(H,16,17). The second kappa shape index (κ2) is 3.91. The number of fused-ring (bicyclic) bond motifs is 1. The van der Waals surface area contributed by atoms with Gasteiger partial charge >= 0.3 is 5.97 Å². The fraction of sp³-hybridized carbons (Fsp3) is 0.357. The lowest BCUT2D eigenvalue weighted by Crippen LogP contribution is -2.26. The zero-order valence-electron chi connectivity index (χ0n) is 10.4. The van der Waals surface area contributed by atoms with Crippen LogP contribution < -0.4 is 0 Å². The average Bonchev–Trinajstić information content (AvgIpc) is 2.61. The third-order valence-corrected chi connectivity index (χ3v) is 3.20. The molecule has 1 aromatic heterocycles. The highest BCUT2D eigenvalue weighted by atomic mass is 16.4. The van der Waals surface area contributed by atoms with Crippen molar-refractivity contribution < 1.29 is 9.90 Å². The van der Waals surface area contributed by atoms with Gasteiger partial charge in [0.25, 0.3) is 0 Å². The number of hydrogen-bond donors (Lipinski definition) is 2. The van der Waals surface area contributed by atoms with Gasteiger partial charge in [-0.15, -0.1) is 0 Å². The minimum Gasteiger partial charge on any atom is -0.481 e. The Bertz CT molecular complexity index is 567. The molecule has 0 radical (unpaired) electrons. The van der Waals surface area contributed by atoms with Crippen LogP contribution in [0.25, 0.3) is 10.9 Å². The highest BCUT2D eigenvalue weighted by Gasteiger charge is 2.28. The molecule has 0 saturated carbocycles. The van der Waals surface area contributed by atoms with Gasteiger partial charge in [-0.05, 0) is 44.4 Å². The van der Waals surface area contributed by atoms with Gasteiger partial charge in [0.05, 0.1) is 5.41 Å². The number of rotatable bonds is 3. The van der Waals surface area contributed by atoms with E-state index < -0.39 is 11.4 Å². The number of benzene rings is 1. The van der Waals surface area contributed by atoms with Crippen molar-refractivity contribution in [3.05, 3.63) is 35.5 Å². The Morgan fingerprint density at radius 3 is 2.76 bits per heavy atom. The van der Waals surface area contributed by atoms with Crippen molar-refractivity contribution in [3.63, 3.8) is 0 Å². The minimum atomic E-state index is -0.761. The maximum atomic E-state index is 11.2. The second-order valence-corrected chi connectivity index (χ2v) is 5.18. The van der Waals surface area contributed by atoms with Crippen LogP contribution in [0, 0.1) is 12.3 Å². The first-order chi connectivity index (χ1) is 7.92. The molecule has 1 heterocycles. The summed E-state index contributed by atoms with van der Waals surface area (Å²) in [4.78, 5) is 14.4. The third-order valence-electron chi connectivity index (χ3n) is 3.20. The van der Waals surface area contributed by atoms with E-state index in [0.717, 1.165) is 22.0 Å². The normalized spacial score (nSPS) is 11.9. The molecule has 3 nitrogen and oxygen atoms in total. The summed E-state index contributed by atoms with van der Waals surface area (Å²) in [5.41, 5.74) is 2.59. The van der Waals surface area contributed by atoms with Crippen molar-refractivity contribution in [2.24, 2.45) is 5.41 Å². The summed E-state index contributed by atoms with van der Waals surface area (Å²) in [7, 11) is 0. The lowest BCUT2D eigenvalue weighted by molar-refractivity contribution is -0.146. The van der Waals surface area contributed by atoms with E-state index in [1.54, 1.807) is 13.8 Å². The number of nitrogens with one attached hydrogen (secondary N) is 1. The molecule has 0 aliphatic carbocycles. The van der Waals surface area contributed by atoms with Crippen molar-refractivity contribution >= 4 is 16.9 Å². The highest BCUT2D eigenvalue weighted by molar-refractivity contribution is 5.87. The summed E-state index contributed by atoms with van der Waals surface area (Å²) in [5, 5.41) is 10.3. The zero-order valence-corrected chi connectivity index (χ0v) is 10.4. The van der Waals surface area contributed by atoms with Crippen LogP contribution in [0.3, 0.4) is 0 Å².